The van der Waals surface area contributed by atoms with Gasteiger partial charge in [-0.3, -0.25) is 0 Å². The van der Waals surface area contributed by atoms with Crippen LogP contribution >= 0.6 is 0 Å². The van der Waals surface area contributed by atoms with Gasteiger partial charge in [-0.1, -0.05) is 11.2 Å². The molecule has 0 fully saturated rings. The third-order valence-corrected chi connectivity index (χ3v) is 1.53. The zero-order chi connectivity index (χ0) is 9.68. The third kappa shape index (κ3) is 2.82. The molecule has 0 atom stereocenters. The van der Waals surface area contributed by atoms with Crippen LogP contribution in [0.4, 0.5) is 4.39 Å². The van der Waals surface area contributed by atoms with Gasteiger partial charge in [-0.25, -0.2) is 4.39 Å². The average Bonchev–Trinajstić information content (AvgIpc) is 2.11. The fourth-order valence-corrected chi connectivity index (χ4v) is 0.914. The van der Waals surface area contributed by atoms with E-state index in [1.165, 1.54) is 6.07 Å². The summed E-state index contributed by atoms with van der Waals surface area (Å²) < 4.78 is 18.0. The van der Waals surface area contributed by atoms with Gasteiger partial charge in [0.25, 0.3) is 0 Å². The van der Waals surface area contributed by atoms with Gasteiger partial charge >= 0.3 is 0 Å². The van der Waals surface area contributed by atoms with Gasteiger partial charge in [0.05, 0.1) is 0 Å². The molecule has 0 saturated carbocycles. The molecule has 13 heavy (non-hydrogen) atoms. The minimum atomic E-state index is -0.420. The quantitative estimate of drug-likeness (QED) is 0.530. The third-order valence-electron chi connectivity index (χ3n) is 1.53. The zero-order valence-corrected chi connectivity index (χ0v) is 7.29. The van der Waals surface area contributed by atoms with Crippen LogP contribution in [-0.2, 0) is 0 Å². The Morgan fingerprint density at radius 2 is 2.31 bits per heavy atom. The van der Waals surface area contributed by atoms with E-state index in [1.807, 2.05) is 6.92 Å². The van der Waals surface area contributed by atoms with Crippen molar-refractivity contribution in [3.63, 3.8) is 0 Å². The SMILES string of the molecule is Cc1ccc(F)c(OCCN=O)c1. The second-order valence-corrected chi connectivity index (χ2v) is 2.64. The van der Waals surface area contributed by atoms with Crippen molar-refractivity contribution in [3.8, 4) is 5.75 Å². The predicted octanol–water partition coefficient (Wildman–Crippen LogP) is 2.28. The molecule has 4 heteroatoms. The fraction of sp³-hybridized carbons (Fsp3) is 0.333. The number of hydrogen-bond acceptors (Lipinski definition) is 3. The van der Waals surface area contributed by atoms with Crippen molar-refractivity contribution in [2.45, 2.75) is 6.92 Å². The van der Waals surface area contributed by atoms with Crippen LogP contribution in [0.3, 0.4) is 0 Å². The standard InChI is InChI=1S/C9H10FNO2/c1-7-2-3-8(10)9(6-7)13-5-4-11-12/h2-3,6H,4-5H2,1H3. The van der Waals surface area contributed by atoms with E-state index < -0.39 is 5.82 Å². The fourth-order valence-electron chi connectivity index (χ4n) is 0.914. The molecule has 0 aliphatic carbocycles. The van der Waals surface area contributed by atoms with E-state index in [2.05, 4.69) is 5.18 Å². The maximum absolute atomic E-state index is 13.0. The Bertz CT molecular complexity index is 302. The van der Waals surface area contributed by atoms with Gasteiger partial charge in [-0.2, -0.15) is 4.91 Å². The molecule has 0 aromatic heterocycles. The highest BCUT2D eigenvalue weighted by Gasteiger charge is 2.02. The van der Waals surface area contributed by atoms with Gasteiger partial charge in [0.15, 0.2) is 11.6 Å². The molecule has 0 saturated heterocycles. The molecule has 0 bridgehead atoms. The molecule has 0 radical (unpaired) electrons. The summed E-state index contributed by atoms with van der Waals surface area (Å²) in [6.07, 6.45) is 0. The topological polar surface area (TPSA) is 38.7 Å². The molecular weight excluding hydrogens is 173 g/mol. The monoisotopic (exact) mass is 183 g/mol. The van der Waals surface area contributed by atoms with Crippen molar-refractivity contribution >= 4 is 0 Å². The van der Waals surface area contributed by atoms with Crippen molar-refractivity contribution in [2.24, 2.45) is 5.18 Å². The molecule has 0 aliphatic heterocycles. The molecule has 1 aromatic rings. The van der Waals surface area contributed by atoms with E-state index in [1.54, 1.807) is 12.1 Å². The summed E-state index contributed by atoms with van der Waals surface area (Å²) in [4.78, 5) is 9.72. The predicted molar refractivity (Wildman–Crippen MR) is 47.3 cm³/mol. The lowest BCUT2D eigenvalue weighted by Crippen LogP contribution is -2.02. The summed E-state index contributed by atoms with van der Waals surface area (Å²) in [6.45, 7) is 1.99. The van der Waals surface area contributed by atoms with E-state index in [0.717, 1.165) is 5.56 Å². The second kappa shape index (κ2) is 4.54. The Morgan fingerprint density at radius 1 is 1.54 bits per heavy atom. The number of halogens is 1. The number of benzene rings is 1. The number of ether oxygens (including phenoxy) is 1. The molecule has 0 amide bonds. The minimum absolute atomic E-state index is 0.0351. The lowest BCUT2D eigenvalue weighted by molar-refractivity contribution is 0.311. The first-order chi connectivity index (χ1) is 6.24. The highest BCUT2D eigenvalue weighted by Crippen LogP contribution is 2.17. The highest BCUT2D eigenvalue weighted by molar-refractivity contribution is 5.29. The van der Waals surface area contributed by atoms with Crippen LogP contribution in [0.15, 0.2) is 23.4 Å². The van der Waals surface area contributed by atoms with Crippen molar-refractivity contribution in [1.29, 1.82) is 0 Å². The van der Waals surface area contributed by atoms with Crippen LogP contribution in [0.25, 0.3) is 0 Å². The Hall–Kier alpha value is -1.45. The van der Waals surface area contributed by atoms with E-state index >= 15 is 0 Å². The molecule has 0 heterocycles. The summed E-state index contributed by atoms with van der Waals surface area (Å²) in [7, 11) is 0. The number of nitrogens with zero attached hydrogens (tertiary/aromatic N) is 1. The number of nitroso groups, excluding NO2 is 1. The molecule has 1 aromatic carbocycles. The lowest BCUT2D eigenvalue weighted by Gasteiger charge is -2.05. The molecule has 0 N–H and O–H groups in total. The molecule has 0 aliphatic rings. The van der Waals surface area contributed by atoms with Gasteiger partial charge < -0.3 is 4.74 Å². The normalized spacial score (nSPS) is 9.69. The van der Waals surface area contributed by atoms with Crippen LogP contribution in [0.1, 0.15) is 5.56 Å². The van der Waals surface area contributed by atoms with Gasteiger partial charge in [0.2, 0.25) is 0 Å². The van der Waals surface area contributed by atoms with Crippen LogP contribution in [0.2, 0.25) is 0 Å². The van der Waals surface area contributed by atoms with Gasteiger partial charge in [-0.15, -0.1) is 0 Å². The first kappa shape index (κ1) is 9.64. The van der Waals surface area contributed by atoms with Gasteiger partial charge in [0, 0.05) is 0 Å². The summed E-state index contributed by atoms with van der Waals surface area (Å²) in [5.74, 6) is -0.250. The van der Waals surface area contributed by atoms with E-state index in [9.17, 15) is 9.30 Å². The van der Waals surface area contributed by atoms with Crippen LogP contribution < -0.4 is 4.74 Å². The van der Waals surface area contributed by atoms with Crippen LogP contribution in [0.5, 0.6) is 5.75 Å². The number of hydrogen-bond donors (Lipinski definition) is 0. The number of aryl methyl sites for hydroxylation is 1. The molecule has 0 spiro atoms. The summed E-state index contributed by atoms with van der Waals surface area (Å²) in [5, 5.41) is 2.61. The van der Waals surface area contributed by atoms with Crippen LogP contribution in [0, 0.1) is 17.6 Å². The molecule has 70 valence electrons. The lowest BCUT2D eigenvalue weighted by atomic mass is 10.2. The first-order valence-corrected chi connectivity index (χ1v) is 3.92. The molecular formula is C9H10FNO2. The van der Waals surface area contributed by atoms with E-state index in [-0.39, 0.29) is 18.9 Å². The van der Waals surface area contributed by atoms with Crippen LogP contribution in [-0.4, -0.2) is 13.2 Å². The Morgan fingerprint density at radius 3 is 3.00 bits per heavy atom. The average molecular weight is 183 g/mol. The molecule has 3 nitrogen and oxygen atoms in total. The summed E-state index contributed by atoms with van der Waals surface area (Å²) in [6, 6.07) is 4.57. The zero-order valence-electron chi connectivity index (χ0n) is 7.29. The largest absolute Gasteiger partial charge is 0.488 e. The van der Waals surface area contributed by atoms with Gasteiger partial charge in [-0.05, 0) is 24.6 Å². The maximum atomic E-state index is 13.0. The first-order valence-electron chi connectivity index (χ1n) is 3.92. The Balaban J connectivity index is 2.64. The second-order valence-electron chi connectivity index (χ2n) is 2.64. The number of rotatable bonds is 4. The maximum Gasteiger partial charge on any atom is 0.165 e. The molecule has 1 rings (SSSR count). The van der Waals surface area contributed by atoms with E-state index in [0.29, 0.717) is 0 Å². The van der Waals surface area contributed by atoms with E-state index in [4.69, 9.17) is 4.74 Å². The van der Waals surface area contributed by atoms with Gasteiger partial charge in [0.1, 0.15) is 13.2 Å². The Labute approximate surface area is 75.5 Å². The summed E-state index contributed by atoms with van der Waals surface area (Å²) in [5.41, 5.74) is 0.912. The van der Waals surface area contributed by atoms with Crippen molar-refractivity contribution < 1.29 is 9.13 Å². The van der Waals surface area contributed by atoms with Crippen molar-refractivity contribution in [2.75, 3.05) is 13.2 Å². The minimum Gasteiger partial charge on any atom is -0.488 e. The smallest absolute Gasteiger partial charge is 0.165 e. The highest BCUT2D eigenvalue weighted by atomic mass is 19.1. The Kier molecular flexibility index (Phi) is 3.37. The van der Waals surface area contributed by atoms with Crippen molar-refractivity contribution in [1.82, 2.24) is 0 Å². The molecule has 0 unspecified atom stereocenters. The summed E-state index contributed by atoms with van der Waals surface area (Å²) >= 11 is 0. The van der Waals surface area contributed by atoms with Crippen molar-refractivity contribution in [3.05, 3.63) is 34.5 Å².